The summed E-state index contributed by atoms with van der Waals surface area (Å²) in [5.41, 5.74) is 0.813. The smallest absolute Gasteiger partial charge is 0.207 e. The number of halogens is 2. The van der Waals surface area contributed by atoms with Crippen LogP contribution in [0.15, 0.2) is 27.6 Å². The lowest BCUT2D eigenvalue weighted by atomic mass is 9.99. The molecule has 0 N–H and O–H groups in total. The van der Waals surface area contributed by atoms with Crippen molar-refractivity contribution in [1.29, 1.82) is 0 Å². The maximum Gasteiger partial charge on any atom is 0.261 e. The minimum atomic E-state index is -3.64. The maximum atomic E-state index is 11.4. The molecule has 15 heavy (non-hydrogen) atoms. The molecule has 0 radical (unpaired) electrons. The first-order valence-electron chi connectivity index (χ1n) is 4.58. The second-order valence-corrected chi connectivity index (χ2v) is 7.59. The highest BCUT2D eigenvalue weighted by Gasteiger charge is 2.42. The summed E-state index contributed by atoms with van der Waals surface area (Å²) in [5, 5.41) is 0. The first-order chi connectivity index (χ1) is 6.83. The third kappa shape index (κ3) is 2.22. The molecular formula is C10H10BrClO2S. The van der Waals surface area contributed by atoms with E-state index in [2.05, 4.69) is 22.9 Å². The Bertz CT molecular complexity index is 506. The van der Waals surface area contributed by atoms with E-state index in [1.165, 1.54) is 0 Å². The fourth-order valence-electron chi connectivity index (χ4n) is 1.64. The van der Waals surface area contributed by atoms with Gasteiger partial charge in [0.1, 0.15) is 0 Å². The van der Waals surface area contributed by atoms with Crippen molar-refractivity contribution in [3.05, 3.63) is 28.2 Å². The van der Waals surface area contributed by atoms with Gasteiger partial charge in [-0.1, -0.05) is 22.9 Å². The van der Waals surface area contributed by atoms with E-state index in [9.17, 15) is 8.42 Å². The van der Waals surface area contributed by atoms with Gasteiger partial charge in [0.05, 0.1) is 4.90 Å². The Morgan fingerprint density at radius 2 is 2.00 bits per heavy atom. The first kappa shape index (κ1) is 11.4. The van der Waals surface area contributed by atoms with Crippen LogP contribution in [0.5, 0.6) is 0 Å². The van der Waals surface area contributed by atoms with Crippen molar-refractivity contribution in [3.8, 4) is 0 Å². The van der Waals surface area contributed by atoms with Gasteiger partial charge in [-0.2, -0.15) is 0 Å². The molecule has 0 aromatic heterocycles. The number of hydrogen-bond acceptors (Lipinski definition) is 2. The molecule has 0 saturated heterocycles. The van der Waals surface area contributed by atoms with Crippen LogP contribution in [0.2, 0.25) is 0 Å². The summed E-state index contributed by atoms with van der Waals surface area (Å²) in [7, 11) is 1.76. The van der Waals surface area contributed by atoms with Crippen molar-refractivity contribution in [2.75, 3.05) is 0 Å². The van der Waals surface area contributed by atoms with Gasteiger partial charge >= 0.3 is 0 Å². The quantitative estimate of drug-likeness (QED) is 0.784. The molecule has 1 aliphatic carbocycles. The summed E-state index contributed by atoms with van der Waals surface area (Å²) >= 11 is 3.35. The minimum absolute atomic E-state index is 0.0128. The van der Waals surface area contributed by atoms with Gasteiger partial charge in [-0.05, 0) is 42.0 Å². The van der Waals surface area contributed by atoms with Crippen LogP contribution in [-0.2, 0) is 14.5 Å². The van der Waals surface area contributed by atoms with E-state index in [-0.39, 0.29) is 10.3 Å². The SMILES string of the molecule is CC1(c2cc(Br)ccc2S(=O)(=O)Cl)CC1. The molecule has 82 valence electrons. The summed E-state index contributed by atoms with van der Waals surface area (Å²) in [6.45, 7) is 2.06. The lowest BCUT2D eigenvalue weighted by molar-refractivity contribution is 0.606. The van der Waals surface area contributed by atoms with Crippen molar-refractivity contribution in [1.82, 2.24) is 0 Å². The normalized spacial score (nSPS) is 18.9. The van der Waals surface area contributed by atoms with Crippen LogP contribution < -0.4 is 0 Å². The molecule has 1 fully saturated rings. The van der Waals surface area contributed by atoms with Gasteiger partial charge in [-0.15, -0.1) is 0 Å². The van der Waals surface area contributed by atoms with Crippen molar-refractivity contribution < 1.29 is 8.42 Å². The van der Waals surface area contributed by atoms with Crippen molar-refractivity contribution >= 4 is 35.7 Å². The van der Waals surface area contributed by atoms with Crippen LogP contribution in [0.25, 0.3) is 0 Å². The number of rotatable bonds is 2. The summed E-state index contributed by atoms with van der Waals surface area (Å²) in [6.07, 6.45) is 2.03. The average molecular weight is 310 g/mol. The van der Waals surface area contributed by atoms with Crippen LogP contribution in [-0.4, -0.2) is 8.42 Å². The molecule has 0 spiro atoms. The maximum absolute atomic E-state index is 11.4. The monoisotopic (exact) mass is 308 g/mol. The number of hydrogen-bond donors (Lipinski definition) is 0. The zero-order valence-corrected chi connectivity index (χ0v) is 11.3. The Hall–Kier alpha value is -0.0600. The van der Waals surface area contributed by atoms with E-state index in [0.717, 1.165) is 22.9 Å². The van der Waals surface area contributed by atoms with Crippen LogP contribution in [0.1, 0.15) is 25.3 Å². The summed E-state index contributed by atoms with van der Waals surface area (Å²) in [5.74, 6) is 0. The Balaban J connectivity index is 2.65. The molecule has 0 heterocycles. The molecule has 2 rings (SSSR count). The van der Waals surface area contributed by atoms with Crippen LogP contribution >= 0.6 is 26.6 Å². The zero-order chi connectivity index (χ0) is 11.3. The fraction of sp³-hybridized carbons (Fsp3) is 0.400. The second kappa shape index (κ2) is 3.47. The largest absolute Gasteiger partial charge is 0.261 e. The highest BCUT2D eigenvalue weighted by Crippen LogP contribution is 2.50. The third-order valence-corrected chi connectivity index (χ3v) is 4.73. The van der Waals surface area contributed by atoms with Gasteiger partial charge in [0.25, 0.3) is 9.05 Å². The lowest BCUT2D eigenvalue weighted by Crippen LogP contribution is -2.06. The van der Waals surface area contributed by atoms with Gasteiger partial charge in [0.15, 0.2) is 0 Å². The van der Waals surface area contributed by atoms with Crippen LogP contribution in [0, 0.1) is 0 Å². The van der Waals surface area contributed by atoms with E-state index in [1.807, 2.05) is 6.07 Å². The second-order valence-electron chi connectivity index (χ2n) is 4.14. The molecule has 0 atom stereocenters. The minimum Gasteiger partial charge on any atom is -0.207 e. The highest BCUT2D eigenvalue weighted by molar-refractivity contribution is 9.10. The number of benzene rings is 1. The van der Waals surface area contributed by atoms with Gasteiger partial charge < -0.3 is 0 Å². The highest BCUT2D eigenvalue weighted by atomic mass is 79.9. The van der Waals surface area contributed by atoms with Crippen molar-refractivity contribution in [3.63, 3.8) is 0 Å². The molecule has 1 saturated carbocycles. The zero-order valence-electron chi connectivity index (χ0n) is 8.13. The Morgan fingerprint density at radius 1 is 1.40 bits per heavy atom. The van der Waals surface area contributed by atoms with Gasteiger partial charge in [0.2, 0.25) is 0 Å². The third-order valence-electron chi connectivity index (χ3n) is 2.85. The van der Waals surface area contributed by atoms with Gasteiger partial charge in [0, 0.05) is 15.2 Å². The van der Waals surface area contributed by atoms with E-state index in [1.54, 1.807) is 12.1 Å². The average Bonchev–Trinajstić information content (AvgIpc) is 2.83. The Morgan fingerprint density at radius 3 is 2.47 bits per heavy atom. The van der Waals surface area contributed by atoms with Gasteiger partial charge in [-0.3, -0.25) is 0 Å². The first-order valence-corrected chi connectivity index (χ1v) is 7.68. The fourth-order valence-corrected chi connectivity index (χ4v) is 3.21. The van der Waals surface area contributed by atoms with Crippen molar-refractivity contribution in [2.45, 2.75) is 30.1 Å². The molecule has 0 aliphatic heterocycles. The van der Waals surface area contributed by atoms with E-state index >= 15 is 0 Å². The molecule has 0 unspecified atom stereocenters. The summed E-state index contributed by atoms with van der Waals surface area (Å²) in [6, 6.07) is 5.11. The molecule has 2 nitrogen and oxygen atoms in total. The summed E-state index contributed by atoms with van der Waals surface area (Å²) < 4.78 is 23.7. The van der Waals surface area contributed by atoms with E-state index in [0.29, 0.717) is 0 Å². The topological polar surface area (TPSA) is 34.1 Å². The van der Waals surface area contributed by atoms with Crippen molar-refractivity contribution in [2.24, 2.45) is 0 Å². The lowest BCUT2D eigenvalue weighted by Gasteiger charge is -2.13. The molecule has 0 amide bonds. The van der Waals surface area contributed by atoms with Crippen LogP contribution in [0.3, 0.4) is 0 Å². The van der Waals surface area contributed by atoms with Gasteiger partial charge in [-0.25, -0.2) is 8.42 Å². The molecule has 1 aliphatic rings. The molecule has 1 aromatic carbocycles. The molecule has 5 heteroatoms. The molecule has 0 bridgehead atoms. The molecular weight excluding hydrogens is 300 g/mol. The molecule has 1 aromatic rings. The predicted octanol–water partition coefficient (Wildman–Crippen LogP) is 3.43. The van der Waals surface area contributed by atoms with E-state index < -0.39 is 9.05 Å². The summed E-state index contributed by atoms with van der Waals surface area (Å²) in [4.78, 5) is 0.243. The Kier molecular flexibility index (Phi) is 2.64. The standard InChI is InChI=1S/C10H10BrClO2S/c1-10(4-5-10)8-6-7(11)2-3-9(8)15(12,13)14/h2-3,6H,4-5H2,1H3. The van der Waals surface area contributed by atoms with E-state index in [4.69, 9.17) is 10.7 Å². The predicted molar refractivity (Wildman–Crippen MR) is 63.8 cm³/mol. The van der Waals surface area contributed by atoms with Crippen LogP contribution in [0.4, 0.5) is 0 Å². The Labute approximate surface area is 102 Å².